The van der Waals surface area contributed by atoms with Gasteiger partial charge in [-0.3, -0.25) is 0 Å². The summed E-state index contributed by atoms with van der Waals surface area (Å²) in [6.07, 6.45) is 0.695. The molecular formula is C14H19NO2. The van der Waals surface area contributed by atoms with Crippen LogP contribution in [0.2, 0.25) is 0 Å². The quantitative estimate of drug-likeness (QED) is 0.783. The summed E-state index contributed by atoms with van der Waals surface area (Å²) in [6, 6.07) is 8.07. The summed E-state index contributed by atoms with van der Waals surface area (Å²) in [5, 5.41) is 8.90. The van der Waals surface area contributed by atoms with Crippen LogP contribution in [0.4, 0.5) is 0 Å². The molecule has 0 saturated heterocycles. The van der Waals surface area contributed by atoms with Crippen LogP contribution in [-0.2, 0) is 0 Å². The number of methoxy groups -OCH3 is 1. The second-order valence-electron chi connectivity index (χ2n) is 4.75. The predicted octanol–water partition coefficient (Wildman–Crippen LogP) is 3.32. The molecule has 0 unspecified atom stereocenters. The van der Waals surface area contributed by atoms with Crippen LogP contribution in [0.5, 0.6) is 11.5 Å². The molecule has 0 bridgehead atoms. The normalized spacial score (nSPS) is 10.8. The zero-order chi connectivity index (χ0) is 12.9. The molecule has 1 aromatic carbocycles. The number of benzene rings is 1. The van der Waals surface area contributed by atoms with Gasteiger partial charge in [0.1, 0.15) is 0 Å². The Balaban J connectivity index is 2.61. The first-order chi connectivity index (χ1) is 7.98. The highest BCUT2D eigenvalue weighted by Crippen LogP contribution is 2.28. The number of hydrogen-bond donors (Lipinski definition) is 0. The Morgan fingerprint density at radius 2 is 2.00 bits per heavy atom. The molecule has 0 saturated carbocycles. The fourth-order valence-electron chi connectivity index (χ4n) is 1.37. The topological polar surface area (TPSA) is 42.2 Å². The van der Waals surface area contributed by atoms with Crippen LogP contribution in [-0.4, -0.2) is 13.7 Å². The molecule has 1 aromatic rings. The van der Waals surface area contributed by atoms with E-state index in [4.69, 9.17) is 14.7 Å². The third-order valence-electron chi connectivity index (χ3n) is 2.61. The van der Waals surface area contributed by atoms with Crippen molar-refractivity contribution in [1.82, 2.24) is 0 Å². The standard InChI is InChI=1S/C14H19NO2/c1-11-5-6-12(13(9-11)16-4)17-8-7-14(2,3)10-15/h5-6,9H,7-8H2,1-4H3. The van der Waals surface area contributed by atoms with Crippen LogP contribution in [0.3, 0.4) is 0 Å². The van der Waals surface area contributed by atoms with E-state index in [0.717, 1.165) is 17.1 Å². The minimum absolute atomic E-state index is 0.349. The minimum Gasteiger partial charge on any atom is -0.493 e. The first-order valence-electron chi connectivity index (χ1n) is 5.67. The molecule has 0 radical (unpaired) electrons. The lowest BCUT2D eigenvalue weighted by Gasteiger charge is -2.16. The van der Waals surface area contributed by atoms with Crippen LogP contribution in [0, 0.1) is 23.7 Å². The van der Waals surface area contributed by atoms with Gasteiger partial charge in [-0.05, 0) is 44.9 Å². The van der Waals surface area contributed by atoms with E-state index >= 15 is 0 Å². The van der Waals surface area contributed by atoms with Crippen molar-refractivity contribution in [3.63, 3.8) is 0 Å². The SMILES string of the molecule is COc1cc(C)ccc1OCCC(C)(C)C#N. The lowest BCUT2D eigenvalue weighted by Crippen LogP contribution is -2.13. The predicted molar refractivity (Wildman–Crippen MR) is 67.2 cm³/mol. The van der Waals surface area contributed by atoms with E-state index in [0.29, 0.717) is 13.0 Å². The maximum Gasteiger partial charge on any atom is 0.161 e. The van der Waals surface area contributed by atoms with Gasteiger partial charge in [0.15, 0.2) is 11.5 Å². The summed E-state index contributed by atoms with van der Waals surface area (Å²) in [7, 11) is 1.63. The van der Waals surface area contributed by atoms with E-state index in [9.17, 15) is 0 Å². The molecule has 92 valence electrons. The first-order valence-corrected chi connectivity index (χ1v) is 5.67. The van der Waals surface area contributed by atoms with Crippen molar-refractivity contribution in [3.05, 3.63) is 23.8 Å². The van der Waals surface area contributed by atoms with Crippen molar-refractivity contribution in [2.45, 2.75) is 27.2 Å². The second kappa shape index (κ2) is 5.58. The number of aryl methyl sites for hydroxylation is 1. The van der Waals surface area contributed by atoms with Crippen LogP contribution >= 0.6 is 0 Å². The molecule has 17 heavy (non-hydrogen) atoms. The van der Waals surface area contributed by atoms with Gasteiger partial charge in [0, 0.05) is 0 Å². The van der Waals surface area contributed by atoms with Crippen LogP contribution in [0.15, 0.2) is 18.2 Å². The number of nitriles is 1. The number of rotatable bonds is 5. The van der Waals surface area contributed by atoms with Crippen molar-refractivity contribution < 1.29 is 9.47 Å². The molecule has 0 spiro atoms. The average Bonchev–Trinajstić information content (AvgIpc) is 2.30. The van der Waals surface area contributed by atoms with Gasteiger partial charge in [-0.15, -0.1) is 0 Å². The minimum atomic E-state index is -0.349. The molecule has 0 fully saturated rings. The van der Waals surface area contributed by atoms with Crippen molar-refractivity contribution >= 4 is 0 Å². The average molecular weight is 233 g/mol. The molecule has 1 rings (SSSR count). The van der Waals surface area contributed by atoms with E-state index in [1.807, 2.05) is 39.0 Å². The van der Waals surface area contributed by atoms with Gasteiger partial charge in [0.25, 0.3) is 0 Å². The van der Waals surface area contributed by atoms with Gasteiger partial charge in [0.05, 0.1) is 25.2 Å². The van der Waals surface area contributed by atoms with Gasteiger partial charge >= 0.3 is 0 Å². The smallest absolute Gasteiger partial charge is 0.161 e. The van der Waals surface area contributed by atoms with E-state index in [2.05, 4.69) is 6.07 Å². The highest BCUT2D eigenvalue weighted by Gasteiger charge is 2.16. The van der Waals surface area contributed by atoms with Crippen molar-refractivity contribution in [1.29, 1.82) is 5.26 Å². The van der Waals surface area contributed by atoms with Gasteiger partial charge in [-0.25, -0.2) is 0 Å². The lowest BCUT2D eigenvalue weighted by molar-refractivity contribution is 0.252. The summed E-state index contributed by atoms with van der Waals surface area (Å²) in [6.45, 7) is 6.33. The molecule has 0 amide bonds. The van der Waals surface area contributed by atoms with Gasteiger partial charge in [-0.2, -0.15) is 5.26 Å². The lowest BCUT2D eigenvalue weighted by atomic mass is 9.92. The number of nitrogens with zero attached hydrogens (tertiary/aromatic N) is 1. The molecule has 0 heterocycles. The monoisotopic (exact) mass is 233 g/mol. The molecule has 0 aromatic heterocycles. The van der Waals surface area contributed by atoms with Gasteiger partial charge in [-0.1, -0.05) is 6.07 Å². The van der Waals surface area contributed by atoms with Crippen LogP contribution < -0.4 is 9.47 Å². The Kier molecular flexibility index (Phi) is 4.39. The Labute approximate surface area is 103 Å². The number of ether oxygens (including phenoxy) is 2. The van der Waals surface area contributed by atoms with Crippen LogP contribution in [0.25, 0.3) is 0 Å². The first kappa shape index (κ1) is 13.4. The fourth-order valence-corrected chi connectivity index (χ4v) is 1.37. The van der Waals surface area contributed by atoms with Crippen molar-refractivity contribution in [2.24, 2.45) is 5.41 Å². The fraction of sp³-hybridized carbons (Fsp3) is 0.500. The summed E-state index contributed by atoms with van der Waals surface area (Å²) in [4.78, 5) is 0. The second-order valence-corrected chi connectivity index (χ2v) is 4.75. The van der Waals surface area contributed by atoms with Gasteiger partial charge in [0.2, 0.25) is 0 Å². The molecule has 0 aliphatic carbocycles. The highest BCUT2D eigenvalue weighted by molar-refractivity contribution is 5.42. The van der Waals surface area contributed by atoms with Crippen molar-refractivity contribution in [2.75, 3.05) is 13.7 Å². The zero-order valence-electron chi connectivity index (χ0n) is 10.9. The van der Waals surface area contributed by atoms with Crippen molar-refractivity contribution in [3.8, 4) is 17.6 Å². The summed E-state index contributed by atoms with van der Waals surface area (Å²) in [5.41, 5.74) is 0.782. The Bertz CT molecular complexity index is 419. The third kappa shape index (κ3) is 3.99. The zero-order valence-corrected chi connectivity index (χ0v) is 10.9. The van der Waals surface area contributed by atoms with Crippen LogP contribution in [0.1, 0.15) is 25.8 Å². The number of hydrogen-bond acceptors (Lipinski definition) is 3. The van der Waals surface area contributed by atoms with E-state index in [1.165, 1.54) is 0 Å². The molecule has 0 atom stereocenters. The molecule has 0 N–H and O–H groups in total. The maximum absolute atomic E-state index is 8.90. The van der Waals surface area contributed by atoms with Gasteiger partial charge < -0.3 is 9.47 Å². The van der Waals surface area contributed by atoms with E-state index in [-0.39, 0.29) is 5.41 Å². The maximum atomic E-state index is 8.90. The summed E-state index contributed by atoms with van der Waals surface area (Å²) < 4.78 is 10.9. The molecule has 0 aliphatic heterocycles. The molecule has 3 nitrogen and oxygen atoms in total. The summed E-state index contributed by atoms with van der Waals surface area (Å²) in [5.74, 6) is 1.46. The largest absolute Gasteiger partial charge is 0.493 e. The Morgan fingerprint density at radius 3 is 2.59 bits per heavy atom. The Morgan fingerprint density at radius 1 is 1.29 bits per heavy atom. The third-order valence-corrected chi connectivity index (χ3v) is 2.61. The van der Waals surface area contributed by atoms with E-state index < -0.39 is 0 Å². The Hall–Kier alpha value is -1.69. The molecule has 3 heteroatoms. The molecule has 0 aliphatic rings. The van der Waals surface area contributed by atoms with E-state index in [1.54, 1.807) is 7.11 Å². The molecular weight excluding hydrogens is 214 g/mol. The highest BCUT2D eigenvalue weighted by atomic mass is 16.5. The summed E-state index contributed by atoms with van der Waals surface area (Å²) >= 11 is 0.